The van der Waals surface area contributed by atoms with Gasteiger partial charge in [-0.15, -0.1) is 0 Å². The van der Waals surface area contributed by atoms with Gasteiger partial charge in [0.2, 0.25) is 0 Å². The molecule has 100 valence electrons. The monoisotopic (exact) mass is 276 g/mol. The molecular weight excluding hydrogens is 260 g/mol. The molecule has 1 aromatic heterocycles. The number of hydrogen-bond acceptors (Lipinski definition) is 3. The van der Waals surface area contributed by atoms with Crippen molar-refractivity contribution >= 4 is 11.6 Å². The second-order valence-corrected chi connectivity index (χ2v) is 4.70. The first-order chi connectivity index (χ1) is 9.20. The van der Waals surface area contributed by atoms with Gasteiger partial charge in [0.15, 0.2) is 0 Å². The normalized spacial score (nSPS) is 10.5. The molecule has 0 spiro atoms. The molecule has 3 nitrogen and oxygen atoms in total. The van der Waals surface area contributed by atoms with E-state index >= 15 is 0 Å². The minimum atomic E-state index is 0.459. The number of hydrogen-bond donors (Lipinski definition) is 1. The van der Waals surface area contributed by atoms with Crippen LogP contribution in [0.15, 0.2) is 36.4 Å². The molecular formula is C15H17ClN2O. The molecule has 0 amide bonds. The predicted molar refractivity (Wildman–Crippen MR) is 77.5 cm³/mol. The molecule has 1 heterocycles. The van der Waals surface area contributed by atoms with Gasteiger partial charge in [-0.25, -0.2) is 4.98 Å². The fourth-order valence-electron chi connectivity index (χ4n) is 1.89. The van der Waals surface area contributed by atoms with Gasteiger partial charge in [-0.1, -0.05) is 41.9 Å². The second-order valence-electron chi connectivity index (χ2n) is 4.31. The zero-order valence-electron chi connectivity index (χ0n) is 11.1. The van der Waals surface area contributed by atoms with Crippen molar-refractivity contribution in [1.82, 2.24) is 10.3 Å². The van der Waals surface area contributed by atoms with Crippen LogP contribution in [0.2, 0.25) is 5.15 Å². The lowest BCUT2D eigenvalue weighted by Crippen LogP contribution is -2.10. The summed E-state index contributed by atoms with van der Waals surface area (Å²) in [7, 11) is 1.90. The van der Waals surface area contributed by atoms with E-state index < -0.39 is 0 Å². The molecule has 1 aromatic carbocycles. The van der Waals surface area contributed by atoms with Gasteiger partial charge in [-0.3, -0.25) is 0 Å². The largest absolute Gasteiger partial charge is 0.488 e. The van der Waals surface area contributed by atoms with Crippen LogP contribution in [0, 0.1) is 6.92 Å². The van der Waals surface area contributed by atoms with E-state index in [1.54, 1.807) is 6.07 Å². The van der Waals surface area contributed by atoms with Crippen molar-refractivity contribution in [3.05, 3.63) is 58.4 Å². The molecule has 0 saturated heterocycles. The number of halogens is 1. The number of benzene rings is 1. The molecule has 2 aromatic rings. The van der Waals surface area contributed by atoms with E-state index in [4.69, 9.17) is 16.3 Å². The highest BCUT2D eigenvalue weighted by Gasteiger charge is 2.10. The van der Waals surface area contributed by atoms with Gasteiger partial charge in [0.05, 0.1) is 0 Å². The minimum absolute atomic E-state index is 0.459. The zero-order chi connectivity index (χ0) is 13.7. The van der Waals surface area contributed by atoms with E-state index in [0.717, 1.165) is 22.6 Å². The summed E-state index contributed by atoms with van der Waals surface area (Å²) in [5.74, 6) is 0.788. The molecule has 0 fully saturated rings. The first kappa shape index (κ1) is 13.8. The zero-order valence-corrected chi connectivity index (χ0v) is 11.9. The minimum Gasteiger partial charge on any atom is -0.488 e. The highest BCUT2D eigenvalue weighted by molar-refractivity contribution is 6.29. The maximum Gasteiger partial charge on any atom is 0.133 e. The van der Waals surface area contributed by atoms with Crippen LogP contribution in [0.3, 0.4) is 0 Å². The molecule has 4 heteroatoms. The third-order valence-electron chi connectivity index (χ3n) is 2.85. The number of aromatic nitrogens is 1. The Morgan fingerprint density at radius 2 is 2.00 bits per heavy atom. The van der Waals surface area contributed by atoms with Crippen LogP contribution in [0.4, 0.5) is 0 Å². The summed E-state index contributed by atoms with van der Waals surface area (Å²) in [6, 6.07) is 11.8. The summed E-state index contributed by atoms with van der Waals surface area (Å²) in [5, 5.41) is 3.58. The highest BCUT2D eigenvalue weighted by atomic mass is 35.5. The first-order valence-corrected chi connectivity index (χ1v) is 6.56. The van der Waals surface area contributed by atoms with E-state index in [1.807, 2.05) is 44.3 Å². The van der Waals surface area contributed by atoms with Crippen molar-refractivity contribution < 1.29 is 4.74 Å². The van der Waals surface area contributed by atoms with Gasteiger partial charge in [0, 0.05) is 23.9 Å². The van der Waals surface area contributed by atoms with Crippen LogP contribution in [0.25, 0.3) is 0 Å². The lowest BCUT2D eigenvalue weighted by Gasteiger charge is -2.13. The Bertz CT molecular complexity index is 543. The Labute approximate surface area is 118 Å². The second kappa shape index (κ2) is 6.55. The third kappa shape index (κ3) is 3.69. The Kier molecular flexibility index (Phi) is 4.77. The van der Waals surface area contributed by atoms with Crippen molar-refractivity contribution in [3.8, 4) is 5.75 Å². The van der Waals surface area contributed by atoms with E-state index in [1.165, 1.54) is 0 Å². The van der Waals surface area contributed by atoms with Gasteiger partial charge in [0.25, 0.3) is 0 Å². The summed E-state index contributed by atoms with van der Waals surface area (Å²) in [4.78, 5) is 4.25. The van der Waals surface area contributed by atoms with E-state index in [0.29, 0.717) is 18.3 Å². The van der Waals surface area contributed by atoms with E-state index in [9.17, 15) is 0 Å². The summed E-state index contributed by atoms with van der Waals surface area (Å²) in [5.41, 5.74) is 3.07. The van der Waals surface area contributed by atoms with Gasteiger partial charge in [0.1, 0.15) is 17.5 Å². The van der Waals surface area contributed by atoms with Crippen LogP contribution in [-0.4, -0.2) is 12.0 Å². The molecule has 0 bridgehead atoms. The third-order valence-corrected chi connectivity index (χ3v) is 3.04. The summed E-state index contributed by atoms with van der Waals surface area (Å²) in [6.45, 7) is 3.17. The summed E-state index contributed by atoms with van der Waals surface area (Å²) in [6.07, 6.45) is 0. The standard InChI is InChI=1S/C15H17ClN2O/c1-11-13(9-17-2)14(8-15(16)18-11)19-10-12-6-4-3-5-7-12/h3-8,17H,9-10H2,1-2H3. The average Bonchev–Trinajstić information content (AvgIpc) is 2.41. The SMILES string of the molecule is CNCc1c(OCc2ccccc2)cc(Cl)nc1C. The fourth-order valence-corrected chi connectivity index (χ4v) is 2.12. The van der Waals surface area contributed by atoms with Crippen molar-refractivity contribution in [3.63, 3.8) is 0 Å². The summed E-state index contributed by atoms with van der Waals surface area (Å²) >= 11 is 5.99. The van der Waals surface area contributed by atoms with Gasteiger partial charge in [-0.2, -0.15) is 0 Å². The van der Waals surface area contributed by atoms with Crippen molar-refractivity contribution in [2.75, 3.05) is 7.05 Å². The Balaban J connectivity index is 2.19. The smallest absolute Gasteiger partial charge is 0.133 e. The molecule has 0 aliphatic heterocycles. The van der Waals surface area contributed by atoms with Crippen molar-refractivity contribution in [2.24, 2.45) is 0 Å². The number of nitrogens with zero attached hydrogens (tertiary/aromatic N) is 1. The van der Waals surface area contributed by atoms with Crippen molar-refractivity contribution in [2.45, 2.75) is 20.1 Å². The van der Waals surface area contributed by atoms with E-state index in [2.05, 4.69) is 10.3 Å². The van der Waals surface area contributed by atoms with Crippen LogP contribution in [0.5, 0.6) is 5.75 Å². The predicted octanol–water partition coefficient (Wildman–Crippen LogP) is 3.34. The number of nitrogens with one attached hydrogen (secondary N) is 1. The van der Waals surface area contributed by atoms with Gasteiger partial charge >= 0.3 is 0 Å². The fraction of sp³-hybridized carbons (Fsp3) is 0.267. The number of pyridine rings is 1. The van der Waals surface area contributed by atoms with Crippen molar-refractivity contribution in [1.29, 1.82) is 0 Å². The Hall–Kier alpha value is -1.58. The number of rotatable bonds is 5. The van der Waals surface area contributed by atoms with Gasteiger partial charge in [-0.05, 0) is 19.5 Å². The lowest BCUT2D eigenvalue weighted by atomic mass is 10.2. The Morgan fingerprint density at radius 3 is 2.68 bits per heavy atom. The van der Waals surface area contributed by atoms with Crippen LogP contribution in [0.1, 0.15) is 16.8 Å². The molecule has 0 radical (unpaired) electrons. The topological polar surface area (TPSA) is 34.1 Å². The summed E-state index contributed by atoms with van der Waals surface area (Å²) < 4.78 is 5.87. The molecule has 0 aliphatic rings. The molecule has 1 N–H and O–H groups in total. The molecule has 2 rings (SSSR count). The number of ether oxygens (including phenoxy) is 1. The average molecular weight is 277 g/mol. The molecule has 0 aliphatic carbocycles. The van der Waals surface area contributed by atoms with Crippen LogP contribution >= 0.6 is 11.6 Å². The van der Waals surface area contributed by atoms with Crippen LogP contribution in [-0.2, 0) is 13.2 Å². The molecule has 19 heavy (non-hydrogen) atoms. The molecule has 0 atom stereocenters. The lowest BCUT2D eigenvalue weighted by molar-refractivity contribution is 0.301. The molecule has 0 saturated carbocycles. The highest BCUT2D eigenvalue weighted by Crippen LogP contribution is 2.25. The Morgan fingerprint density at radius 1 is 1.26 bits per heavy atom. The molecule has 0 unspecified atom stereocenters. The first-order valence-electron chi connectivity index (χ1n) is 6.18. The van der Waals surface area contributed by atoms with E-state index in [-0.39, 0.29) is 0 Å². The van der Waals surface area contributed by atoms with Gasteiger partial charge < -0.3 is 10.1 Å². The maximum absolute atomic E-state index is 5.99. The maximum atomic E-state index is 5.99. The number of aryl methyl sites for hydroxylation is 1. The quantitative estimate of drug-likeness (QED) is 0.851. The van der Waals surface area contributed by atoms with Crippen LogP contribution < -0.4 is 10.1 Å².